The molecule has 20 heavy (non-hydrogen) atoms. The van der Waals surface area contributed by atoms with Crippen molar-refractivity contribution in [2.45, 2.75) is 18.9 Å². The van der Waals surface area contributed by atoms with E-state index in [2.05, 4.69) is 11.9 Å². The lowest BCUT2D eigenvalue weighted by Gasteiger charge is -2.24. The molecule has 108 valence electrons. The number of nitrogens with zero attached hydrogens (tertiary/aromatic N) is 1. The first-order valence-corrected chi connectivity index (χ1v) is 7.05. The van der Waals surface area contributed by atoms with Crippen molar-refractivity contribution in [2.75, 3.05) is 26.7 Å². The van der Waals surface area contributed by atoms with Gasteiger partial charge in [-0.05, 0) is 44.2 Å². The van der Waals surface area contributed by atoms with Crippen LogP contribution in [0.2, 0.25) is 0 Å². The second-order valence-corrected chi connectivity index (χ2v) is 4.98. The van der Waals surface area contributed by atoms with Gasteiger partial charge in [-0.2, -0.15) is 0 Å². The molecule has 1 aliphatic heterocycles. The van der Waals surface area contributed by atoms with Gasteiger partial charge in [0.1, 0.15) is 12.4 Å². The predicted molar refractivity (Wildman–Crippen MR) is 80.1 cm³/mol. The van der Waals surface area contributed by atoms with Gasteiger partial charge in [-0.1, -0.05) is 12.7 Å². The minimum atomic E-state index is 0.109. The highest BCUT2D eigenvalue weighted by Crippen LogP contribution is 2.21. The van der Waals surface area contributed by atoms with E-state index in [-0.39, 0.29) is 5.91 Å². The Morgan fingerprint density at radius 3 is 2.90 bits per heavy atom. The van der Waals surface area contributed by atoms with E-state index in [1.54, 1.807) is 6.08 Å². The number of nitrogens with one attached hydrogen (secondary N) is 1. The number of rotatable bonds is 6. The molecular formula is C16H22N2O2. The van der Waals surface area contributed by atoms with Crippen LogP contribution in [0.1, 0.15) is 23.2 Å². The van der Waals surface area contributed by atoms with Gasteiger partial charge >= 0.3 is 0 Å². The van der Waals surface area contributed by atoms with Gasteiger partial charge in [0, 0.05) is 24.7 Å². The fourth-order valence-electron chi connectivity index (χ4n) is 2.57. The molecule has 2 rings (SSSR count). The van der Waals surface area contributed by atoms with E-state index in [4.69, 9.17) is 4.74 Å². The zero-order valence-electron chi connectivity index (χ0n) is 12.0. The molecule has 0 spiro atoms. The number of likely N-dealkylation sites (tertiary alicyclic amines) is 1. The summed E-state index contributed by atoms with van der Waals surface area (Å²) in [4.78, 5) is 14.5. The van der Waals surface area contributed by atoms with E-state index in [9.17, 15) is 4.79 Å². The molecule has 1 aliphatic rings. The molecular weight excluding hydrogens is 252 g/mol. The molecule has 4 heteroatoms. The molecule has 1 atom stereocenters. The zero-order chi connectivity index (χ0) is 14.4. The number of ether oxygens (including phenoxy) is 1. The highest BCUT2D eigenvalue weighted by molar-refractivity contribution is 5.94. The van der Waals surface area contributed by atoms with Gasteiger partial charge in [0.2, 0.25) is 0 Å². The monoisotopic (exact) mass is 274 g/mol. The number of likely N-dealkylation sites (N-methyl/N-ethyl adjacent to an activating group) is 1. The van der Waals surface area contributed by atoms with Gasteiger partial charge in [0.05, 0.1) is 0 Å². The van der Waals surface area contributed by atoms with Crippen LogP contribution in [0, 0.1) is 0 Å². The summed E-state index contributed by atoms with van der Waals surface area (Å²) in [5.41, 5.74) is 0.721. The molecule has 0 aromatic heterocycles. The van der Waals surface area contributed by atoms with Crippen LogP contribution in [0.5, 0.6) is 5.75 Å². The standard InChI is InChI=1S/C16H22N2O2/c1-3-11-20-15-8-6-13(7-9-15)16(19)18-10-4-5-14(18)12-17-2/h3,6-9,14,17H,1,4-5,10-12H2,2H3. The quantitative estimate of drug-likeness (QED) is 0.808. The van der Waals surface area contributed by atoms with Gasteiger partial charge in [0.15, 0.2) is 0 Å². The number of benzene rings is 1. The molecule has 1 aromatic rings. The minimum absolute atomic E-state index is 0.109. The second-order valence-electron chi connectivity index (χ2n) is 4.98. The Balaban J connectivity index is 2.03. The number of hydrogen-bond acceptors (Lipinski definition) is 3. The van der Waals surface area contributed by atoms with E-state index in [1.165, 1.54) is 0 Å². The van der Waals surface area contributed by atoms with E-state index in [0.29, 0.717) is 12.6 Å². The maximum atomic E-state index is 12.5. The lowest BCUT2D eigenvalue weighted by Crippen LogP contribution is -2.40. The van der Waals surface area contributed by atoms with Crippen LogP contribution in [0.3, 0.4) is 0 Å². The van der Waals surface area contributed by atoms with Crippen LogP contribution in [-0.4, -0.2) is 43.6 Å². The third-order valence-corrected chi connectivity index (χ3v) is 3.55. The minimum Gasteiger partial charge on any atom is -0.490 e. The molecule has 1 aromatic carbocycles. The number of carbonyl (C=O) groups is 1. The van der Waals surface area contributed by atoms with Gasteiger partial charge < -0.3 is 15.0 Å². The van der Waals surface area contributed by atoms with Gasteiger partial charge in [-0.3, -0.25) is 4.79 Å². The fourth-order valence-corrected chi connectivity index (χ4v) is 2.57. The summed E-state index contributed by atoms with van der Waals surface area (Å²) in [6, 6.07) is 7.63. The molecule has 1 fully saturated rings. The van der Waals surface area contributed by atoms with Crippen LogP contribution in [0.4, 0.5) is 0 Å². The van der Waals surface area contributed by atoms with E-state index in [0.717, 1.165) is 37.2 Å². The normalized spacial score (nSPS) is 18.1. The summed E-state index contributed by atoms with van der Waals surface area (Å²) < 4.78 is 5.42. The Labute approximate surface area is 120 Å². The Morgan fingerprint density at radius 1 is 1.50 bits per heavy atom. The first kappa shape index (κ1) is 14.6. The van der Waals surface area contributed by atoms with Crippen LogP contribution in [-0.2, 0) is 0 Å². The molecule has 1 N–H and O–H groups in total. The summed E-state index contributed by atoms with van der Waals surface area (Å²) in [6.07, 6.45) is 3.86. The van der Waals surface area contributed by atoms with Crippen LogP contribution in [0.25, 0.3) is 0 Å². The van der Waals surface area contributed by atoms with Crippen molar-refractivity contribution in [1.29, 1.82) is 0 Å². The maximum Gasteiger partial charge on any atom is 0.254 e. The van der Waals surface area contributed by atoms with Crippen LogP contribution < -0.4 is 10.1 Å². The fraction of sp³-hybridized carbons (Fsp3) is 0.438. The van der Waals surface area contributed by atoms with Crippen molar-refractivity contribution in [3.8, 4) is 5.75 Å². The second kappa shape index (κ2) is 7.10. The van der Waals surface area contributed by atoms with Crippen molar-refractivity contribution in [2.24, 2.45) is 0 Å². The van der Waals surface area contributed by atoms with Crippen molar-refractivity contribution in [3.63, 3.8) is 0 Å². The summed E-state index contributed by atoms with van der Waals surface area (Å²) in [6.45, 7) is 5.78. The number of amides is 1. The largest absolute Gasteiger partial charge is 0.490 e. The Kier molecular flexibility index (Phi) is 5.18. The van der Waals surface area contributed by atoms with E-state index >= 15 is 0 Å². The van der Waals surface area contributed by atoms with Crippen molar-refractivity contribution in [1.82, 2.24) is 10.2 Å². The molecule has 0 radical (unpaired) electrons. The summed E-state index contributed by atoms with van der Waals surface area (Å²) in [5, 5.41) is 3.15. The first-order chi connectivity index (χ1) is 9.76. The van der Waals surface area contributed by atoms with E-state index in [1.807, 2.05) is 36.2 Å². The molecule has 1 heterocycles. The lowest BCUT2D eigenvalue weighted by atomic mass is 10.1. The van der Waals surface area contributed by atoms with Crippen molar-refractivity contribution < 1.29 is 9.53 Å². The van der Waals surface area contributed by atoms with E-state index < -0.39 is 0 Å². The van der Waals surface area contributed by atoms with Crippen molar-refractivity contribution >= 4 is 5.91 Å². The van der Waals surface area contributed by atoms with Crippen LogP contribution >= 0.6 is 0 Å². The summed E-state index contributed by atoms with van der Waals surface area (Å²) in [5.74, 6) is 0.868. The third kappa shape index (κ3) is 3.39. The highest BCUT2D eigenvalue weighted by atomic mass is 16.5. The predicted octanol–water partition coefficient (Wildman–Crippen LogP) is 2.08. The molecule has 0 aliphatic carbocycles. The van der Waals surface area contributed by atoms with Gasteiger partial charge in [-0.25, -0.2) is 0 Å². The molecule has 4 nitrogen and oxygen atoms in total. The maximum absolute atomic E-state index is 12.5. The number of hydrogen-bond donors (Lipinski definition) is 1. The average molecular weight is 274 g/mol. The first-order valence-electron chi connectivity index (χ1n) is 7.05. The van der Waals surface area contributed by atoms with Crippen molar-refractivity contribution in [3.05, 3.63) is 42.5 Å². The lowest BCUT2D eigenvalue weighted by molar-refractivity contribution is 0.0737. The number of carbonyl (C=O) groups excluding carboxylic acids is 1. The van der Waals surface area contributed by atoms with Gasteiger partial charge in [-0.15, -0.1) is 0 Å². The molecule has 1 amide bonds. The molecule has 1 saturated heterocycles. The van der Waals surface area contributed by atoms with Gasteiger partial charge in [0.25, 0.3) is 5.91 Å². The Bertz CT molecular complexity index is 456. The zero-order valence-corrected chi connectivity index (χ0v) is 12.0. The summed E-state index contributed by atoms with van der Waals surface area (Å²) in [7, 11) is 1.92. The Hall–Kier alpha value is -1.81. The summed E-state index contributed by atoms with van der Waals surface area (Å²) >= 11 is 0. The average Bonchev–Trinajstić information content (AvgIpc) is 2.93. The molecule has 0 saturated carbocycles. The topological polar surface area (TPSA) is 41.6 Å². The molecule has 1 unspecified atom stereocenters. The van der Waals surface area contributed by atoms with Crippen LogP contribution in [0.15, 0.2) is 36.9 Å². The molecule has 0 bridgehead atoms. The SMILES string of the molecule is C=CCOc1ccc(C(=O)N2CCCC2CNC)cc1. The highest BCUT2D eigenvalue weighted by Gasteiger charge is 2.28. The smallest absolute Gasteiger partial charge is 0.254 e. The Morgan fingerprint density at radius 2 is 2.25 bits per heavy atom. The third-order valence-electron chi connectivity index (χ3n) is 3.55.